The number of carbonyl (C=O) groups excluding carboxylic acids is 2. The van der Waals surface area contributed by atoms with Crippen LogP contribution in [0.5, 0.6) is 0 Å². The second-order valence-electron chi connectivity index (χ2n) is 7.77. The SMILES string of the molecule is CCNC(=O)C(Cc1ccccc1)N(Cc1ccc(C)cc1)C(=O)Cc1ccccc1. The molecule has 1 N–H and O–H groups in total. The van der Waals surface area contributed by atoms with Crippen molar-refractivity contribution in [2.45, 2.75) is 39.3 Å². The van der Waals surface area contributed by atoms with Crippen LogP contribution in [0.4, 0.5) is 0 Å². The maximum absolute atomic E-state index is 13.5. The Morgan fingerprint density at radius 2 is 1.39 bits per heavy atom. The van der Waals surface area contributed by atoms with E-state index >= 15 is 0 Å². The summed E-state index contributed by atoms with van der Waals surface area (Å²) >= 11 is 0. The zero-order valence-corrected chi connectivity index (χ0v) is 18.3. The van der Waals surface area contributed by atoms with Crippen molar-refractivity contribution in [2.75, 3.05) is 6.54 Å². The largest absolute Gasteiger partial charge is 0.355 e. The van der Waals surface area contributed by atoms with Crippen molar-refractivity contribution in [2.24, 2.45) is 0 Å². The zero-order chi connectivity index (χ0) is 22.1. The minimum absolute atomic E-state index is 0.0565. The van der Waals surface area contributed by atoms with Gasteiger partial charge < -0.3 is 10.2 Å². The van der Waals surface area contributed by atoms with Gasteiger partial charge in [-0.15, -0.1) is 0 Å². The lowest BCUT2D eigenvalue weighted by molar-refractivity contribution is -0.140. The van der Waals surface area contributed by atoms with Crippen LogP contribution >= 0.6 is 0 Å². The fourth-order valence-corrected chi connectivity index (χ4v) is 3.61. The third-order valence-corrected chi connectivity index (χ3v) is 5.29. The first-order valence-corrected chi connectivity index (χ1v) is 10.8. The number of benzene rings is 3. The Morgan fingerprint density at radius 3 is 1.97 bits per heavy atom. The molecule has 2 amide bonds. The summed E-state index contributed by atoms with van der Waals surface area (Å²) in [4.78, 5) is 28.3. The van der Waals surface area contributed by atoms with Crippen molar-refractivity contribution in [1.82, 2.24) is 10.2 Å². The molecule has 1 atom stereocenters. The van der Waals surface area contributed by atoms with Crippen LogP contribution in [0.15, 0.2) is 84.9 Å². The number of hydrogen-bond donors (Lipinski definition) is 1. The Kier molecular flexibility index (Phi) is 7.99. The molecule has 0 bridgehead atoms. The molecule has 4 nitrogen and oxygen atoms in total. The van der Waals surface area contributed by atoms with Gasteiger partial charge in [-0.3, -0.25) is 9.59 Å². The van der Waals surface area contributed by atoms with Gasteiger partial charge in [-0.25, -0.2) is 0 Å². The van der Waals surface area contributed by atoms with Crippen LogP contribution in [0.25, 0.3) is 0 Å². The maximum Gasteiger partial charge on any atom is 0.243 e. The highest BCUT2D eigenvalue weighted by Gasteiger charge is 2.30. The lowest BCUT2D eigenvalue weighted by atomic mass is 10.0. The number of rotatable bonds is 9. The summed E-state index contributed by atoms with van der Waals surface area (Å²) in [6, 6.07) is 27.1. The predicted molar refractivity (Wildman–Crippen MR) is 124 cm³/mol. The quantitative estimate of drug-likeness (QED) is 0.567. The normalized spacial score (nSPS) is 11.5. The lowest BCUT2D eigenvalue weighted by Gasteiger charge is -2.31. The Labute approximate surface area is 184 Å². The van der Waals surface area contributed by atoms with Gasteiger partial charge in [-0.2, -0.15) is 0 Å². The first-order valence-electron chi connectivity index (χ1n) is 10.8. The number of aryl methyl sites for hydroxylation is 1. The van der Waals surface area contributed by atoms with Gasteiger partial charge in [0.2, 0.25) is 11.8 Å². The molecule has 0 aromatic heterocycles. The molecule has 0 aliphatic carbocycles. The Hall–Kier alpha value is -3.40. The van der Waals surface area contributed by atoms with E-state index in [0.29, 0.717) is 19.5 Å². The molecule has 0 spiro atoms. The summed E-state index contributed by atoms with van der Waals surface area (Å²) in [6.45, 7) is 4.85. The molecule has 160 valence electrons. The zero-order valence-electron chi connectivity index (χ0n) is 18.3. The summed E-state index contributed by atoms with van der Waals surface area (Å²) in [7, 11) is 0. The molecule has 1 unspecified atom stereocenters. The van der Waals surface area contributed by atoms with Crippen LogP contribution in [0.3, 0.4) is 0 Å². The van der Waals surface area contributed by atoms with Crippen LogP contribution in [-0.4, -0.2) is 29.3 Å². The van der Waals surface area contributed by atoms with Crippen molar-refractivity contribution in [3.63, 3.8) is 0 Å². The van der Waals surface area contributed by atoms with E-state index < -0.39 is 6.04 Å². The predicted octanol–water partition coefficient (Wildman–Crippen LogP) is 4.31. The smallest absolute Gasteiger partial charge is 0.243 e. The number of amides is 2. The third kappa shape index (κ3) is 6.54. The standard InChI is InChI=1S/C27H30N2O2/c1-3-28-27(31)25(18-22-10-6-4-7-11-22)29(20-24-16-14-21(2)15-17-24)26(30)19-23-12-8-5-9-13-23/h4-17,25H,3,18-20H2,1-2H3,(H,28,31). The van der Waals surface area contributed by atoms with Crippen molar-refractivity contribution < 1.29 is 9.59 Å². The monoisotopic (exact) mass is 414 g/mol. The molecule has 0 heterocycles. The van der Waals surface area contributed by atoms with Gasteiger partial charge in [-0.05, 0) is 30.5 Å². The molecule has 0 fully saturated rings. The molecule has 4 heteroatoms. The highest BCUT2D eigenvalue weighted by molar-refractivity contribution is 5.88. The summed E-state index contributed by atoms with van der Waals surface area (Å²) < 4.78 is 0. The molecule has 0 saturated heterocycles. The average Bonchev–Trinajstić information content (AvgIpc) is 2.79. The van der Waals surface area contributed by atoms with E-state index in [9.17, 15) is 9.59 Å². The molecule has 3 aromatic carbocycles. The number of likely N-dealkylation sites (N-methyl/N-ethyl adjacent to an activating group) is 1. The average molecular weight is 415 g/mol. The number of carbonyl (C=O) groups is 2. The van der Waals surface area contributed by atoms with Gasteiger partial charge in [0.1, 0.15) is 6.04 Å². The molecular formula is C27H30N2O2. The van der Waals surface area contributed by atoms with Gasteiger partial charge in [0, 0.05) is 19.5 Å². The molecule has 0 saturated carbocycles. The fourth-order valence-electron chi connectivity index (χ4n) is 3.61. The molecule has 0 aliphatic heterocycles. The number of nitrogens with one attached hydrogen (secondary N) is 1. The second kappa shape index (κ2) is 11.1. The third-order valence-electron chi connectivity index (χ3n) is 5.29. The number of nitrogens with zero attached hydrogens (tertiary/aromatic N) is 1. The Bertz CT molecular complexity index is 969. The van der Waals surface area contributed by atoms with Crippen LogP contribution in [0, 0.1) is 6.92 Å². The van der Waals surface area contributed by atoms with E-state index in [-0.39, 0.29) is 18.2 Å². The van der Waals surface area contributed by atoms with E-state index in [2.05, 4.69) is 5.32 Å². The summed E-state index contributed by atoms with van der Waals surface area (Å²) in [6.07, 6.45) is 0.733. The first-order chi connectivity index (χ1) is 15.1. The summed E-state index contributed by atoms with van der Waals surface area (Å²) in [5.74, 6) is -0.182. The van der Waals surface area contributed by atoms with Crippen molar-refractivity contribution >= 4 is 11.8 Å². The van der Waals surface area contributed by atoms with Gasteiger partial charge in [0.15, 0.2) is 0 Å². The Balaban J connectivity index is 1.93. The van der Waals surface area contributed by atoms with Gasteiger partial charge >= 0.3 is 0 Å². The van der Waals surface area contributed by atoms with Crippen LogP contribution in [0.1, 0.15) is 29.2 Å². The van der Waals surface area contributed by atoms with E-state index in [0.717, 1.165) is 22.3 Å². The molecule has 0 aliphatic rings. The van der Waals surface area contributed by atoms with E-state index in [1.54, 1.807) is 4.90 Å². The fraction of sp³-hybridized carbons (Fsp3) is 0.259. The molecule has 0 radical (unpaired) electrons. The lowest BCUT2D eigenvalue weighted by Crippen LogP contribution is -2.50. The van der Waals surface area contributed by atoms with Gasteiger partial charge in [0.05, 0.1) is 6.42 Å². The summed E-state index contributed by atoms with van der Waals surface area (Å²) in [5, 5.41) is 2.93. The van der Waals surface area contributed by atoms with Crippen LogP contribution in [0.2, 0.25) is 0 Å². The number of hydrogen-bond acceptors (Lipinski definition) is 2. The van der Waals surface area contributed by atoms with Gasteiger partial charge in [0.25, 0.3) is 0 Å². The van der Waals surface area contributed by atoms with Crippen molar-refractivity contribution in [3.8, 4) is 0 Å². The Morgan fingerprint density at radius 1 is 0.806 bits per heavy atom. The maximum atomic E-state index is 13.5. The second-order valence-corrected chi connectivity index (χ2v) is 7.77. The molecule has 31 heavy (non-hydrogen) atoms. The molecule has 3 aromatic rings. The topological polar surface area (TPSA) is 49.4 Å². The minimum atomic E-state index is -0.583. The van der Waals surface area contributed by atoms with E-state index in [1.165, 1.54) is 0 Å². The van der Waals surface area contributed by atoms with Gasteiger partial charge in [-0.1, -0.05) is 90.5 Å². The molecule has 3 rings (SSSR count). The highest BCUT2D eigenvalue weighted by Crippen LogP contribution is 2.17. The molecular weight excluding hydrogens is 384 g/mol. The van der Waals surface area contributed by atoms with Crippen LogP contribution in [-0.2, 0) is 29.0 Å². The minimum Gasteiger partial charge on any atom is -0.355 e. The summed E-state index contributed by atoms with van der Waals surface area (Å²) in [5.41, 5.74) is 4.14. The highest BCUT2D eigenvalue weighted by atomic mass is 16.2. The van der Waals surface area contributed by atoms with E-state index in [4.69, 9.17) is 0 Å². The van der Waals surface area contributed by atoms with Crippen molar-refractivity contribution in [3.05, 3.63) is 107 Å². The van der Waals surface area contributed by atoms with Crippen molar-refractivity contribution in [1.29, 1.82) is 0 Å². The van der Waals surface area contributed by atoms with Crippen LogP contribution < -0.4 is 5.32 Å². The first kappa shape index (κ1) is 22.3. The van der Waals surface area contributed by atoms with E-state index in [1.807, 2.05) is 98.8 Å².